The molecule has 3 atom stereocenters. The van der Waals surface area contributed by atoms with Crippen LogP contribution in [-0.2, 0) is 11.2 Å². The average Bonchev–Trinajstić information content (AvgIpc) is 3.34. The van der Waals surface area contributed by atoms with Crippen LogP contribution in [0.1, 0.15) is 69.5 Å². The van der Waals surface area contributed by atoms with Crippen molar-refractivity contribution in [2.24, 2.45) is 5.92 Å². The monoisotopic (exact) mass is 421 g/mol. The molecule has 0 spiro atoms. The van der Waals surface area contributed by atoms with Gasteiger partial charge in [0.15, 0.2) is 0 Å². The van der Waals surface area contributed by atoms with Crippen molar-refractivity contribution < 1.29 is 9.18 Å². The third-order valence-electron chi connectivity index (χ3n) is 6.83. The highest BCUT2D eigenvalue weighted by Gasteiger charge is 2.37. The summed E-state index contributed by atoms with van der Waals surface area (Å²) in [6.07, 6.45) is 10.3. The van der Waals surface area contributed by atoms with E-state index in [9.17, 15) is 9.18 Å². The molecular weight excluding hydrogens is 389 g/mol. The number of carbonyl (C=O) groups is 1. The Kier molecular flexibility index (Phi) is 6.40. The van der Waals surface area contributed by atoms with Gasteiger partial charge in [0.1, 0.15) is 5.82 Å². The first-order valence-electron chi connectivity index (χ1n) is 11.5. The lowest BCUT2D eigenvalue weighted by Crippen LogP contribution is -2.36. The molecule has 1 aromatic carbocycles. The number of nitrogens with zero attached hydrogens (tertiary/aromatic N) is 2. The third kappa shape index (κ3) is 4.36. The van der Waals surface area contributed by atoms with E-state index < -0.39 is 0 Å². The van der Waals surface area contributed by atoms with E-state index in [-0.39, 0.29) is 17.8 Å². The van der Waals surface area contributed by atoms with Crippen molar-refractivity contribution in [1.82, 2.24) is 15.1 Å². The molecule has 2 aliphatic carbocycles. The average molecular weight is 422 g/mol. The molecule has 164 valence electrons. The summed E-state index contributed by atoms with van der Waals surface area (Å²) in [5.41, 5.74) is 6.49. The van der Waals surface area contributed by atoms with Crippen molar-refractivity contribution in [3.05, 3.63) is 71.3 Å². The van der Waals surface area contributed by atoms with Gasteiger partial charge in [0.05, 0.1) is 17.6 Å². The molecule has 4 rings (SSSR count). The molecule has 4 nitrogen and oxygen atoms in total. The standard InChI is InChI=1S/C26H32FN3O/c1-4-6-21(29-25(31)7-5-2)14-18-8-9-19-15-24-23(17(3)26(18)19)16-28-30(24)22-12-10-20(27)11-13-22/h5,10-13,16-18,21H,2,4,6-9,14-15H2,1,3H3,(H,29,31)/t17-,18+,21?/m0/s1. The van der Waals surface area contributed by atoms with Gasteiger partial charge >= 0.3 is 0 Å². The Balaban J connectivity index is 1.54. The minimum Gasteiger partial charge on any atom is -0.353 e. The summed E-state index contributed by atoms with van der Waals surface area (Å²) in [6, 6.07) is 6.76. The van der Waals surface area contributed by atoms with E-state index in [1.54, 1.807) is 23.8 Å². The lowest BCUT2D eigenvalue weighted by atomic mass is 9.78. The first kappa shape index (κ1) is 21.5. The predicted molar refractivity (Wildman–Crippen MR) is 122 cm³/mol. The van der Waals surface area contributed by atoms with Crippen LogP contribution in [0.2, 0.25) is 0 Å². The Bertz CT molecular complexity index is 989. The second-order valence-electron chi connectivity index (χ2n) is 8.91. The van der Waals surface area contributed by atoms with Crippen molar-refractivity contribution >= 4 is 5.91 Å². The fourth-order valence-electron chi connectivity index (χ4n) is 5.49. The zero-order valence-electron chi connectivity index (χ0n) is 18.5. The van der Waals surface area contributed by atoms with Crippen molar-refractivity contribution in [2.45, 2.75) is 70.8 Å². The summed E-state index contributed by atoms with van der Waals surface area (Å²) in [5.74, 6) is 0.670. The van der Waals surface area contributed by atoms with Crippen LogP contribution in [0, 0.1) is 11.7 Å². The number of fused-ring (bicyclic) bond motifs is 1. The lowest BCUT2D eigenvalue weighted by molar-refractivity contribution is -0.121. The minimum absolute atomic E-state index is 0.0696. The quantitative estimate of drug-likeness (QED) is 0.562. The first-order valence-corrected chi connectivity index (χ1v) is 11.5. The van der Waals surface area contributed by atoms with Crippen LogP contribution in [0.5, 0.6) is 0 Å². The summed E-state index contributed by atoms with van der Waals surface area (Å²) in [5, 5.41) is 7.88. The minimum atomic E-state index is -0.233. The highest BCUT2D eigenvalue weighted by molar-refractivity contribution is 5.77. The number of nitrogens with one attached hydrogen (secondary N) is 1. The zero-order chi connectivity index (χ0) is 22.0. The predicted octanol–water partition coefficient (Wildman–Crippen LogP) is 5.63. The zero-order valence-corrected chi connectivity index (χ0v) is 18.5. The van der Waals surface area contributed by atoms with Crippen molar-refractivity contribution in [2.75, 3.05) is 0 Å². The van der Waals surface area contributed by atoms with Crippen LogP contribution in [0.3, 0.4) is 0 Å². The van der Waals surface area contributed by atoms with Crippen LogP contribution in [0.15, 0.2) is 54.3 Å². The highest BCUT2D eigenvalue weighted by Crippen LogP contribution is 2.48. The van der Waals surface area contributed by atoms with E-state index in [0.29, 0.717) is 18.3 Å². The molecule has 2 aliphatic rings. The fraction of sp³-hybridized carbons (Fsp3) is 0.462. The summed E-state index contributed by atoms with van der Waals surface area (Å²) < 4.78 is 15.3. The molecule has 1 N–H and O–H groups in total. The fourth-order valence-corrected chi connectivity index (χ4v) is 5.49. The van der Waals surface area contributed by atoms with E-state index >= 15 is 0 Å². The molecule has 5 heteroatoms. The number of allylic oxidation sites excluding steroid dienone is 2. The second-order valence-corrected chi connectivity index (χ2v) is 8.91. The normalized spacial score (nSPS) is 20.9. The van der Waals surface area contributed by atoms with Gasteiger partial charge in [-0.05, 0) is 55.9 Å². The largest absolute Gasteiger partial charge is 0.353 e. The summed E-state index contributed by atoms with van der Waals surface area (Å²) in [6.45, 7) is 8.13. The van der Waals surface area contributed by atoms with Crippen molar-refractivity contribution in [3.63, 3.8) is 0 Å². The summed E-state index contributed by atoms with van der Waals surface area (Å²) in [4.78, 5) is 12.1. The van der Waals surface area contributed by atoms with E-state index in [1.807, 2.05) is 10.9 Å². The number of benzene rings is 1. The molecule has 0 radical (unpaired) electrons. The Morgan fingerprint density at radius 2 is 2.16 bits per heavy atom. The van der Waals surface area contributed by atoms with Gasteiger partial charge < -0.3 is 5.32 Å². The number of halogens is 1. The molecule has 0 bridgehead atoms. The molecule has 1 amide bonds. The van der Waals surface area contributed by atoms with E-state index in [0.717, 1.165) is 44.2 Å². The third-order valence-corrected chi connectivity index (χ3v) is 6.83. The van der Waals surface area contributed by atoms with E-state index in [4.69, 9.17) is 0 Å². The van der Waals surface area contributed by atoms with Gasteiger partial charge in [-0.2, -0.15) is 5.10 Å². The molecule has 0 saturated carbocycles. The second kappa shape index (κ2) is 9.21. The van der Waals surface area contributed by atoms with Crippen LogP contribution in [-0.4, -0.2) is 21.7 Å². The van der Waals surface area contributed by atoms with Gasteiger partial charge in [-0.15, -0.1) is 6.58 Å². The van der Waals surface area contributed by atoms with Crippen LogP contribution in [0.25, 0.3) is 5.69 Å². The van der Waals surface area contributed by atoms with Crippen LogP contribution < -0.4 is 5.32 Å². The number of carbonyl (C=O) groups excluding carboxylic acids is 1. The molecule has 1 unspecified atom stereocenters. The Morgan fingerprint density at radius 1 is 1.39 bits per heavy atom. The van der Waals surface area contributed by atoms with Gasteiger partial charge in [0, 0.05) is 30.4 Å². The lowest BCUT2D eigenvalue weighted by Gasteiger charge is -2.29. The molecule has 1 aromatic heterocycles. The van der Waals surface area contributed by atoms with Gasteiger partial charge in [-0.3, -0.25) is 4.79 Å². The SMILES string of the molecule is C=CCC(=O)NC(CCC)C[C@H]1CCC2=C1[C@@H](C)c1cnn(-c3ccc(F)cc3)c1C2. The van der Waals surface area contributed by atoms with Gasteiger partial charge in [-0.1, -0.05) is 37.5 Å². The maximum atomic E-state index is 13.4. The smallest absolute Gasteiger partial charge is 0.224 e. The van der Waals surface area contributed by atoms with E-state index in [2.05, 4.69) is 30.8 Å². The van der Waals surface area contributed by atoms with Gasteiger partial charge in [0.25, 0.3) is 0 Å². The number of hydrogen-bond donors (Lipinski definition) is 1. The molecule has 1 heterocycles. The molecule has 2 aromatic rings. The Morgan fingerprint density at radius 3 is 2.87 bits per heavy atom. The number of amides is 1. The molecule has 31 heavy (non-hydrogen) atoms. The number of rotatable bonds is 8. The van der Waals surface area contributed by atoms with Gasteiger partial charge in [0.2, 0.25) is 5.91 Å². The molecule has 0 saturated heterocycles. The molecule has 0 aliphatic heterocycles. The number of aromatic nitrogens is 2. The van der Waals surface area contributed by atoms with Crippen molar-refractivity contribution in [1.29, 1.82) is 0 Å². The maximum absolute atomic E-state index is 13.4. The molecular formula is C26H32FN3O. The first-order chi connectivity index (χ1) is 15.0. The van der Waals surface area contributed by atoms with Gasteiger partial charge in [-0.25, -0.2) is 9.07 Å². The topological polar surface area (TPSA) is 46.9 Å². The van der Waals surface area contributed by atoms with Crippen molar-refractivity contribution in [3.8, 4) is 5.69 Å². The maximum Gasteiger partial charge on any atom is 0.224 e. The Hall–Kier alpha value is -2.69. The van der Waals surface area contributed by atoms with Crippen LogP contribution in [0.4, 0.5) is 4.39 Å². The Labute approximate surface area is 184 Å². The van der Waals surface area contributed by atoms with E-state index in [1.165, 1.54) is 29.0 Å². The molecule has 0 fully saturated rings. The summed E-state index contributed by atoms with van der Waals surface area (Å²) in [7, 11) is 0. The highest BCUT2D eigenvalue weighted by atomic mass is 19.1. The number of hydrogen-bond acceptors (Lipinski definition) is 2. The van der Waals surface area contributed by atoms with Crippen LogP contribution >= 0.6 is 0 Å². The summed E-state index contributed by atoms with van der Waals surface area (Å²) >= 11 is 0.